The molecule has 4 aromatic rings. The van der Waals surface area contributed by atoms with E-state index in [-0.39, 0.29) is 11.2 Å². The summed E-state index contributed by atoms with van der Waals surface area (Å²) in [6.45, 7) is 1.86. The highest BCUT2D eigenvalue weighted by Gasteiger charge is 2.21. The molecule has 0 aliphatic carbocycles. The van der Waals surface area contributed by atoms with Crippen molar-refractivity contribution in [2.45, 2.75) is 17.3 Å². The molecule has 0 aliphatic rings. The van der Waals surface area contributed by atoms with E-state index in [1.807, 2.05) is 97.4 Å². The number of amides is 1. The lowest BCUT2D eigenvalue weighted by molar-refractivity contribution is -0.115. The van der Waals surface area contributed by atoms with Gasteiger partial charge in [0, 0.05) is 23.9 Å². The van der Waals surface area contributed by atoms with Crippen molar-refractivity contribution in [1.82, 2.24) is 14.8 Å². The van der Waals surface area contributed by atoms with E-state index in [2.05, 4.69) is 15.5 Å². The van der Waals surface area contributed by atoms with Crippen LogP contribution in [0.25, 0.3) is 22.5 Å². The number of benzene rings is 3. The number of hydrogen-bond donors (Lipinski definition) is 1. The SMILES string of the molecule is CC(Sc1nnc(-c2ccccc2Cl)n1C)C(=O)Nc1ccccc1-c1ccccc1. The number of nitrogens with zero attached hydrogens (tertiary/aromatic N) is 3. The van der Waals surface area contributed by atoms with Gasteiger partial charge in [0.05, 0.1) is 10.3 Å². The van der Waals surface area contributed by atoms with Crippen LogP contribution in [-0.4, -0.2) is 25.9 Å². The van der Waals surface area contributed by atoms with Gasteiger partial charge in [-0.25, -0.2) is 0 Å². The number of aromatic nitrogens is 3. The number of anilines is 1. The van der Waals surface area contributed by atoms with Gasteiger partial charge in [-0.3, -0.25) is 4.79 Å². The Balaban J connectivity index is 1.51. The van der Waals surface area contributed by atoms with Crippen LogP contribution in [0.5, 0.6) is 0 Å². The minimum atomic E-state index is -0.370. The zero-order chi connectivity index (χ0) is 21.8. The van der Waals surface area contributed by atoms with Crippen molar-refractivity contribution in [2.75, 3.05) is 5.32 Å². The Hall–Kier alpha value is -3.09. The fourth-order valence-electron chi connectivity index (χ4n) is 3.20. The first-order valence-electron chi connectivity index (χ1n) is 9.81. The molecule has 0 bridgehead atoms. The fraction of sp³-hybridized carbons (Fsp3) is 0.125. The van der Waals surface area contributed by atoms with Crippen molar-refractivity contribution in [3.05, 3.63) is 83.9 Å². The molecule has 7 heteroatoms. The Bertz CT molecular complexity index is 1210. The van der Waals surface area contributed by atoms with E-state index < -0.39 is 0 Å². The average molecular weight is 449 g/mol. The summed E-state index contributed by atoms with van der Waals surface area (Å²) in [6.07, 6.45) is 0. The van der Waals surface area contributed by atoms with Crippen LogP contribution in [0.1, 0.15) is 6.92 Å². The zero-order valence-corrected chi connectivity index (χ0v) is 18.7. The zero-order valence-electron chi connectivity index (χ0n) is 17.1. The van der Waals surface area contributed by atoms with Crippen LogP contribution >= 0.6 is 23.4 Å². The second-order valence-electron chi connectivity index (χ2n) is 7.01. The maximum atomic E-state index is 12.9. The van der Waals surface area contributed by atoms with Gasteiger partial charge in [0.25, 0.3) is 0 Å². The first-order chi connectivity index (χ1) is 15.0. The molecule has 0 saturated heterocycles. The molecule has 1 amide bonds. The summed E-state index contributed by atoms with van der Waals surface area (Å²) < 4.78 is 1.85. The molecule has 0 saturated carbocycles. The lowest BCUT2D eigenvalue weighted by atomic mass is 10.0. The van der Waals surface area contributed by atoms with E-state index in [0.29, 0.717) is 16.0 Å². The summed E-state index contributed by atoms with van der Waals surface area (Å²) in [5, 5.41) is 12.5. The predicted molar refractivity (Wildman–Crippen MR) is 127 cm³/mol. The maximum Gasteiger partial charge on any atom is 0.237 e. The molecule has 0 radical (unpaired) electrons. The summed E-state index contributed by atoms with van der Waals surface area (Å²) in [4.78, 5) is 12.9. The van der Waals surface area contributed by atoms with Gasteiger partial charge in [-0.2, -0.15) is 0 Å². The van der Waals surface area contributed by atoms with Crippen molar-refractivity contribution < 1.29 is 4.79 Å². The molecule has 0 fully saturated rings. The molecule has 5 nitrogen and oxygen atoms in total. The van der Waals surface area contributed by atoms with Gasteiger partial charge in [-0.05, 0) is 30.7 Å². The van der Waals surface area contributed by atoms with Crippen molar-refractivity contribution >= 4 is 35.0 Å². The summed E-state index contributed by atoms with van der Waals surface area (Å²) >= 11 is 7.65. The van der Waals surface area contributed by atoms with Crippen LogP contribution in [-0.2, 0) is 11.8 Å². The van der Waals surface area contributed by atoms with E-state index in [0.717, 1.165) is 22.4 Å². The van der Waals surface area contributed by atoms with Crippen LogP contribution in [0.4, 0.5) is 5.69 Å². The molecule has 31 heavy (non-hydrogen) atoms. The van der Waals surface area contributed by atoms with Crippen LogP contribution in [0.3, 0.4) is 0 Å². The summed E-state index contributed by atoms with van der Waals surface area (Å²) in [5.41, 5.74) is 3.62. The smallest absolute Gasteiger partial charge is 0.237 e. The number of thioether (sulfide) groups is 1. The molecule has 156 valence electrons. The lowest BCUT2D eigenvalue weighted by Crippen LogP contribution is -2.23. The molecule has 1 atom stereocenters. The van der Waals surface area contributed by atoms with E-state index in [4.69, 9.17) is 11.6 Å². The Morgan fingerprint density at radius 3 is 2.32 bits per heavy atom. The number of hydrogen-bond acceptors (Lipinski definition) is 4. The van der Waals surface area contributed by atoms with Gasteiger partial charge in [-0.1, -0.05) is 84.0 Å². The second-order valence-corrected chi connectivity index (χ2v) is 8.72. The molecule has 1 unspecified atom stereocenters. The minimum Gasteiger partial charge on any atom is -0.325 e. The van der Waals surface area contributed by atoms with Crippen molar-refractivity contribution in [3.8, 4) is 22.5 Å². The highest BCUT2D eigenvalue weighted by atomic mass is 35.5. The quantitative estimate of drug-likeness (QED) is 0.372. The molecular weight excluding hydrogens is 428 g/mol. The maximum absolute atomic E-state index is 12.9. The molecule has 3 aromatic carbocycles. The Kier molecular flexibility index (Phi) is 6.39. The average Bonchev–Trinajstić information content (AvgIpc) is 3.15. The molecule has 1 heterocycles. The van der Waals surface area contributed by atoms with E-state index in [9.17, 15) is 4.79 Å². The van der Waals surface area contributed by atoms with Gasteiger partial charge in [-0.15, -0.1) is 10.2 Å². The number of nitrogens with one attached hydrogen (secondary N) is 1. The first-order valence-corrected chi connectivity index (χ1v) is 11.1. The predicted octanol–water partition coefficient (Wildman–Crippen LogP) is 5.92. The van der Waals surface area contributed by atoms with Gasteiger partial charge in [0.15, 0.2) is 11.0 Å². The minimum absolute atomic E-state index is 0.101. The molecule has 0 aliphatic heterocycles. The molecule has 4 rings (SSSR count). The number of halogens is 1. The fourth-order valence-corrected chi connectivity index (χ4v) is 4.24. The van der Waals surface area contributed by atoms with Gasteiger partial charge in [0.2, 0.25) is 5.91 Å². The molecule has 1 N–H and O–H groups in total. The summed E-state index contributed by atoms with van der Waals surface area (Å²) in [7, 11) is 1.87. The highest BCUT2D eigenvalue weighted by Crippen LogP contribution is 2.31. The normalized spacial score (nSPS) is 11.8. The van der Waals surface area contributed by atoms with E-state index in [1.165, 1.54) is 11.8 Å². The Morgan fingerprint density at radius 1 is 0.935 bits per heavy atom. The third-order valence-corrected chi connectivity index (χ3v) is 6.33. The Labute approximate surface area is 190 Å². The van der Waals surface area contributed by atoms with E-state index in [1.54, 1.807) is 0 Å². The van der Waals surface area contributed by atoms with Gasteiger partial charge in [0.1, 0.15) is 0 Å². The lowest BCUT2D eigenvalue weighted by Gasteiger charge is -2.15. The van der Waals surface area contributed by atoms with Crippen LogP contribution in [0.2, 0.25) is 5.02 Å². The van der Waals surface area contributed by atoms with Crippen molar-refractivity contribution in [2.24, 2.45) is 7.05 Å². The number of rotatable bonds is 6. The van der Waals surface area contributed by atoms with Crippen LogP contribution in [0, 0.1) is 0 Å². The third-order valence-electron chi connectivity index (χ3n) is 4.87. The second kappa shape index (κ2) is 9.37. The van der Waals surface area contributed by atoms with E-state index >= 15 is 0 Å². The number of para-hydroxylation sites is 1. The topological polar surface area (TPSA) is 59.8 Å². The summed E-state index contributed by atoms with van der Waals surface area (Å²) in [6, 6.07) is 25.3. The first kappa shape index (κ1) is 21.2. The molecule has 1 aromatic heterocycles. The monoisotopic (exact) mass is 448 g/mol. The number of carbonyl (C=O) groups excluding carboxylic acids is 1. The van der Waals surface area contributed by atoms with Gasteiger partial charge >= 0.3 is 0 Å². The Morgan fingerprint density at radius 2 is 1.58 bits per heavy atom. The number of carbonyl (C=O) groups is 1. The summed E-state index contributed by atoms with van der Waals surface area (Å²) in [5.74, 6) is 0.561. The van der Waals surface area contributed by atoms with Crippen LogP contribution in [0.15, 0.2) is 84.0 Å². The molecule has 0 spiro atoms. The van der Waals surface area contributed by atoms with Gasteiger partial charge < -0.3 is 9.88 Å². The van der Waals surface area contributed by atoms with Crippen molar-refractivity contribution in [3.63, 3.8) is 0 Å². The standard InChI is InChI=1S/C24H21ClN4OS/c1-16(31-24-28-27-22(29(24)2)19-13-6-8-14-20(19)25)23(30)26-21-15-9-7-12-18(21)17-10-4-3-5-11-17/h3-16H,1-2H3,(H,26,30). The van der Waals surface area contributed by atoms with Crippen molar-refractivity contribution in [1.29, 1.82) is 0 Å². The molecular formula is C24H21ClN4OS. The third kappa shape index (κ3) is 4.65. The largest absolute Gasteiger partial charge is 0.325 e. The van der Waals surface area contributed by atoms with Crippen LogP contribution < -0.4 is 5.32 Å². The highest BCUT2D eigenvalue weighted by molar-refractivity contribution is 8.00.